The first-order chi connectivity index (χ1) is 11.6. The molecule has 128 valence electrons. The number of benzene rings is 1. The first-order valence-electron chi connectivity index (χ1n) is 8.21. The van der Waals surface area contributed by atoms with Crippen LogP contribution in [0.3, 0.4) is 0 Å². The van der Waals surface area contributed by atoms with Crippen LogP contribution in [0.2, 0.25) is 0 Å². The minimum Gasteiger partial charge on any atom is -0.314 e. The van der Waals surface area contributed by atoms with Gasteiger partial charge in [-0.2, -0.15) is 4.31 Å². The van der Waals surface area contributed by atoms with Crippen LogP contribution in [0, 0.1) is 5.82 Å². The van der Waals surface area contributed by atoms with Crippen molar-refractivity contribution in [3.63, 3.8) is 0 Å². The van der Waals surface area contributed by atoms with Crippen LogP contribution in [-0.2, 0) is 10.0 Å². The highest BCUT2D eigenvalue weighted by Gasteiger charge is 2.34. The molecule has 1 aliphatic carbocycles. The van der Waals surface area contributed by atoms with Gasteiger partial charge in [0.2, 0.25) is 10.0 Å². The lowest BCUT2D eigenvalue weighted by Gasteiger charge is -2.32. The monoisotopic (exact) mass is 350 g/mol. The lowest BCUT2D eigenvalue weighted by molar-refractivity contribution is 0.270. The fraction of sp³-hybridized carbons (Fsp3) is 0.500. The standard InChI is InChI=1S/C16H19FN4O2S/c17-13-3-5-15(6-4-13)24(22,23)20-9-7-14(8-10-20)21-11-18-19-16(21)12-1-2-12/h3-6,11-12,14H,1-2,7-10H2. The Kier molecular flexibility index (Phi) is 3.88. The first kappa shape index (κ1) is 15.7. The van der Waals surface area contributed by atoms with Gasteiger partial charge in [0.05, 0.1) is 4.90 Å². The SMILES string of the molecule is O=S(=O)(c1ccc(F)cc1)N1CCC(n2cnnc2C2CC2)CC1. The van der Waals surface area contributed by atoms with Gasteiger partial charge in [-0.15, -0.1) is 10.2 Å². The summed E-state index contributed by atoms with van der Waals surface area (Å²) in [5.74, 6) is 1.12. The summed E-state index contributed by atoms with van der Waals surface area (Å²) in [5.41, 5.74) is 0. The molecule has 1 aromatic heterocycles. The summed E-state index contributed by atoms with van der Waals surface area (Å²) in [7, 11) is -3.56. The molecule has 2 aliphatic rings. The van der Waals surface area contributed by atoms with E-state index in [-0.39, 0.29) is 10.9 Å². The maximum atomic E-state index is 13.0. The lowest BCUT2D eigenvalue weighted by Crippen LogP contribution is -2.39. The van der Waals surface area contributed by atoms with E-state index < -0.39 is 15.8 Å². The summed E-state index contributed by atoms with van der Waals surface area (Å²) in [6.07, 6.45) is 5.56. The van der Waals surface area contributed by atoms with E-state index in [2.05, 4.69) is 14.8 Å². The molecule has 6 nitrogen and oxygen atoms in total. The van der Waals surface area contributed by atoms with Gasteiger partial charge >= 0.3 is 0 Å². The van der Waals surface area contributed by atoms with E-state index >= 15 is 0 Å². The van der Waals surface area contributed by atoms with Crippen molar-refractivity contribution in [3.8, 4) is 0 Å². The summed E-state index contributed by atoms with van der Waals surface area (Å²) < 4.78 is 41.9. The van der Waals surface area contributed by atoms with Crippen molar-refractivity contribution in [2.24, 2.45) is 0 Å². The van der Waals surface area contributed by atoms with Crippen LogP contribution in [0.25, 0.3) is 0 Å². The number of sulfonamides is 1. The van der Waals surface area contributed by atoms with Gasteiger partial charge < -0.3 is 4.57 Å². The molecule has 1 saturated carbocycles. The molecule has 8 heteroatoms. The molecule has 0 unspecified atom stereocenters. The van der Waals surface area contributed by atoms with Crippen LogP contribution in [0.4, 0.5) is 4.39 Å². The van der Waals surface area contributed by atoms with Crippen molar-refractivity contribution < 1.29 is 12.8 Å². The Labute approximate surface area is 140 Å². The second kappa shape index (κ2) is 5.93. The smallest absolute Gasteiger partial charge is 0.243 e. The summed E-state index contributed by atoms with van der Waals surface area (Å²) >= 11 is 0. The Bertz CT molecular complexity index is 822. The number of halogens is 1. The number of aromatic nitrogens is 3. The molecular weight excluding hydrogens is 331 g/mol. The van der Waals surface area contributed by atoms with Crippen LogP contribution >= 0.6 is 0 Å². The average Bonchev–Trinajstić information content (AvgIpc) is 3.32. The third-order valence-electron chi connectivity index (χ3n) is 4.81. The van der Waals surface area contributed by atoms with Gasteiger partial charge in [0, 0.05) is 25.0 Å². The molecule has 0 bridgehead atoms. The lowest BCUT2D eigenvalue weighted by atomic mass is 10.1. The molecule has 1 saturated heterocycles. The molecule has 2 aromatic rings. The second-order valence-corrected chi connectivity index (χ2v) is 8.40. The molecule has 0 spiro atoms. The van der Waals surface area contributed by atoms with Crippen molar-refractivity contribution in [3.05, 3.63) is 42.2 Å². The predicted molar refractivity (Wildman–Crippen MR) is 85.4 cm³/mol. The van der Waals surface area contributed by atoms with Crippen molar-refractivity contribution in [2.45, 2.75) is 42.5 Å². The average molecular weight is 350 g/mol. The fourth-order valence-electron chi connectivity index (χ4n) is 3.28. The summed E-state index contributed by atoms with van der Waals surface area (Å²) in [4.78, 5) is 0.144. The highest BCUT2D eigenvalue weighted by molar-refractivity contribution is 7.89. The predicted octanol–water partition coefficient (Wildman–Crippen LogP) is 2.32. The highest BCUT2D eigenvalue weighted by Crippen LogP contribution is 2.40. The topological polar surface area (TPSA) is 68.1 Å². The Morgan fingerprint density at radius 2 is 1.71 bits per heavy atom. The third kappa shape index (κ3) is 2.84. The summed E-state index contributed by atoms with van der Waals surface area (Å²) in [5, 5.41) is 8.25. The third-order valence-corrected chi connectivity index (χ3v) is 6.72. The zero-order chi connectivity index (χ0) is 16.7. The minimum absolute atomic E-state index is 0.144. The van der Waals surface area contributed by atoms with Gasteiger partial charge in [-0.05, 0) is 49.9 Å². The molecular formula is C16H19FN4O2S. The number of rotatable bonds is 4. The highest BCUT2D eigenvalue weighted by atomic mass is 32.2. The van der Waals surface area contributed by atoms with E-state index in [1.807, 2.05) is 0 Å². The van der Waals surface area contributed by atoms with E-state index in [1.165, 1.54) is 28.6 Å². The van der Waals surface area contributed by atoms with Gasteiger partial charge in [-0.3, -0.25) is 0 Å². The number of piperidine rings is 1. The second-order valence-electron chi connectivity index (χ2n) is 6.46. The Balaban J connectivity index is 1.47. The zero-order valence-corrected chi connectivity index (χ0v) is 14.0. The Morgan fingerprint density at radius 1 is 1.04 bits per heavy atom. The maximum Gasteiger partial charge on any atom is 0.243 e. The molecule has 0 atom stereocenters. The number of hydrogen-bond acceptors (Lipinski definition) is 4. The maximum absolute atomic E-state index is 13.0. The molecule has 2 heterocycles. The Hall–Kier alpha value is -1.80. The van der Waals surface area contributed by atoms with Crippen LogP contribution in [0.1, 0.15) is 43.5 Å². The molecule has 1 aromatic carbocycles. The van der Waals surface area contributed by atoms with Crippen molar-refractivity contribution in [1.29, 1.82) is 0 Å². The molecule has 24 heavy (non-hydrogen) atoms. The van der Waals surface area contributed by atoms with E-state index in [4.69, 9.17) is 0 Å². The van der Waals surface area contributed by atoms with E-state index in [1.54, 1.807) is 6.33 Å². The van der Waals surface area contributed by atoms with Crippen LogP contribution in [0.5, 0.6) is 0 Å². The van der Waals surface area contributed by atoms with Gasteiger partial charge in [0.15, 0.2) is 0 Å². The molecule has 0 radical (unpaired) electrons. The zero-order valence-electron chi connectivity index (χ0n) is 13.2. The van der Waals surface area contributed by atoms with Gasteiger partial charge in [-0.25, -0.2) is 12.8 Å². The largest absolute Gasteiger partial charge is 0.314 e. The summed E-state index contributed by atoms with van der Waals surface area (Å²) in [6.45, 7) is 0.902. The fourth-order valence-corrected chi connectivity index (χ4v) is 4.75. The normalized spacial score (nSPS) is 20.4. The Morgan fingerprint density at radius 3 is 2.33 bits per heavy atom. The van der Waals surface area contributed by atoms with E-state index in [0.717, 1.165) is 31.5 Å². The molecule has 2 fully saturated rings. The van der Waals surface area contributed by atoms with Crippen molar-refractivity contribution in [2.75, 3.05) is 13.1 Å². The molecule has 1 aliphatic heterocycles. The van der Waals surface area contributed by atoms with Gasteiger partial charge in [-0.1, -0.05) is 0 Å². The van der Waals surface area contributed by atoms with Crippen molar-refractivity contribution >= 4 is 10.0 Å². The number of hydrogen-bond donors (Lipinski definition) is 0. The van der Waals surface area contributed by atoms with Gasteiger partial charge in [0.1, 0.15) is 18.0 Å². The number of nitrogens with zero attached hydrogens (tertiary/aromatic N) is 4. The van der Waals surface area contributed by atoms with Crippen LogP contribution < -0.4 is 0 Å². The van der Waals surface area contributed by atoms with Crippen molar-refractivity contribution in [1.82, 2.24) is 19.1 Å². The first-order valence-corrected chi connectivity index (χ1v) is 9.65. The molecule has 0 N–H and O–H groups in total. The van der Waals surface area contributed by atoms with Crippen LogP contribution in [0.15, 0.2) is 35.5 Å². The quantitative estimate of drug-likeness (QED) is 0.849. The van der Waals surface area contributed by atoms with E-state index in [0.29, 0.717) is 19.0 Å². The molecule has 0 amide bonds. The molecule has 4 rings (SSSR count). The summed E-state index contributed by atoms with van der Waals surface area (Å²) in [6, 6.07) is 5.25. The van der Waals surface area contributed by atoms with E-state index in [9.17, 15) is 12.8 Å². The van der Waals surface area contributed by atoms with Crippen LogP contribution in [-0.4, -0.2) is 40.6 Å². The minimum atomic E-state index is -3.56. The van der Waals surface area contributed by atoms with Gasteiger partial charge in [0.25, 0.3) is 0 Å².